The van der Waals surface area contributed by atoms with Crippen LogP contribution in [-0.4, -0.2) is 5.78 Å². The molecule has 1 atom stereocenters. The third-order valence-electron chi connectivity index (χ3n) is 3.86. The molecule has 0 aromatic rings. The Morgan fingerprint density at radius 1 is 1.21 bits per heavy atom. The topological polar surface area (TPSA) is 17.1 Å². The maximum Gasteiger partial charge on any atom is 0.165 e. The molecule has 1 saturated carbocycles. The molecule has 1 heteroatoms. The Labute approximate surface area is 85.9 Å². The Morgan fingerprint density at radius 2 is 1.93 bits per heavy atom. The fourth-order valence-electron chi connectivity index (χ4n) is 2.98. The lowest BCUT2D eigenvalue weighted by atomic mass is 9.57. The van der Waals surface area contributed by atoms with Crippen molar-refractivity contribution in [2.75, 3.05) is 0 Å². The number of hydrogen-bond donors (Lipinski definition) is 0. The second-order valence-electron chi connectivity index (χ2n) is 5.37. The first kappa shape index (κ1) is 9.70. The summed E-state index contributed by atoms with van der Waals surface area (Å²) < 4.78 is 0. The van der Waals surface area contributed by atoms with Crippen LogP contribution < -0.4 is 0 Å². The highest BCUT2D eigenvalue weighted by atomic mass is 16.1. The van der Waals surface area contributed by atoms with Crippen LogP contribution in [0, 0.1) is 10.8 Å². The number of ketones is 1. The fourth-order valence-corrected chi connectivity index (χ4v) is 2.98. The molecule has 0 heterocycles. The SMILES string of the molecule is CC1(C)CCC[C@]2(C)C(=O)C=CC=C12. The molecular formula is C13H18O. The molecule has 0 aromatic heterocycles. The molecule has 2 rings (SSSR count). The van der Waals surface area contributed by atoms with Gasteiger partial charge in [0.2, 0.25) is 0 Å². The highest BCUT2D eigenvalue weighted by Gasteiger charge is 2.45. The highest BCUT2D eigenvalue weighted by Crippen LogP contribution is 2.52. The molecule has 0 bridgehead atoms. The molecule has 0 N–H and O–H groups in total. The first-order valence-corrected chi connectivity index (χ1v) is 5.41. The van der Waals surface area contributed by atoms with Gasteiger partial charge in [0.05, 0.1) is 5.41 Å². The monoisotopic (exact) mass is 190 g/mol. The van der Waals surface area contributed by atoms with E-state index in [0.717, 1.165) is 6.42 Å². The van der Waals surface area contributed by atoms with Crippen molar-refractivity contribution in [2.45, 2.75) is 40.0 Å². The van der Waals surface area contributed by atoms with Crippen LogP contribution in [0.25, 0.3) is 0 Å². The molecule has 0 spiro atoms. The van der Waals surface area contributed by atoms with E-state index in [1.54, 1.807) is 6.08 Å². The van der Waals surface area contributed by atoms with Crippen LogP contribution in [0.1, 0.15) is 40.0 Å². The minimum absolute atomic E-state index is 0.198. The summed E-state index contributed by atoms with van der Waals surface area (Å²) in [6.45, 7) is 6.61. The van der Waals surface area contributed by atoms with Crippen molar-refractivity contribution in [1.82, 2.24) is 0 Å². The number of hydrogen-bond acceptors (Lipinski definition) is 1. The van der Waals surface area contributed by atoms with Gasteiger partial charge in [-0.15, -0.1) is 0 Å². The van der Waals surface area contributed by atoms with E-state index in [4.69, 9.17) is 0 Å². The predicted octanol–water partition coefficient (Wildman–Crippen LogP) is 3.27. The molecule has 0 unspecified atom stereocenters. The van der Waals surface area contributed by atoms with E-state index in [1.165, 1.54) is 18.4 Å². The van der Waals surface area contributed by atoms with Gasteiger partial charge in [0, 0.05) is 0 Å². The molecule has 1 nitrogen and oxygen atoms in total. The summed E-state index contributed by atoms with van der Waals surface area (Å²) in [6, 6.07) is 0. The lowest BCUT2D eigenvalue weighted by Crippen LogP contribution is -2.40. The van der Waals surface area contributed by atoms with Crippen molar-refractivity contribution in [2.24, 2.45) is 10.8 Å². The minimum atomic E-state index is -0.198. The Bertz CT molecular complexity index is 333. The van der Waals surface area contributed by atoms with E-state index >= 15 is 0 Å². The zero-order valence-corrected chi connectivity index (χ0v) is 9.26. The number of fused-ring (bicyclic) bond motifs is 1. The average molecular weight is 190 g/mol. The lowest BCUT2D eigenvalue weighted by molar-refractivity contribution is -0.123. The summed E-state index contributed by atoms with van der Waals surface area (Å²) in [5.41, 5.74) is 1.34. The highest BCUT2D eigenvalue weighted by molar-refractivity contribution is 5.98. The van der Waals surface area contributed by atoms with Gasteiger partial charge < -0.3 is 0 Å². The van der Waals surface area contributed by atoms with Crippen LogP contribution in [0.2, 0.25) is 0 Å². The average Bonchev–Trinajstić information content (AvgIpc) is 2.08. The Kier molecular flexibility index (Phi) is 1.95. The molecule has 0 saturated heterocycles. The molecular weight excluding hydrogens is 172 g/mol. The summed E-state index contributed by atoms with van der Waals surface area (Å²) in [6.07, 6.45) is 9.18. The maximum atomic E-state index is 11.9. The van der Waals surface area contributed by atoms with E-state index < -0.39 is 0 Å². The summed E-state index contributed by atoms with van der Waals surface area (Å²) in [5, 5.41) is 0. The molecule has 76 valence electrons. The van der Waals surface area contributed by atoms with Gasteiger partial charge in [0.15, 0.2) is 5.78 Å². The van der Waals surface area contributed by atoms with Crippen LogP contribution in [0.4, 0.5) is 0 Å². The number of allylic oxidation sites excluding steroid dienone is 4. The van der Waals surface area contributed by atoms with Gasteiger partial charge in [0.25, 0.3) is 0 Å². The van der Waals surface area contributed by atoms with Crippen molar-refractivity contribution >= 4 is 5.78 Å². The first-order valence-electron chi connectivity index (χ1n) is 5.41. The zero-order valence-electron chi connectivity index (χ0n) is 9.26. The van der Waals surface area contributed by atoms with Crippen LogP contribution >= 0.6 is 0 Å². The van der Waals surface area contributed by atoms with Gasteiger partial charge in [-0.05, 0) is 31.3 Å². The molecule has 14 heavy (non-hydrogen) atoms. The molecule has 0 aliphatic heterocycles. The lowest BCUT2D eigenvalue weighted by Gasteiger charge is -2.45. The van der Waals surface area contributed by atoms with Gasteiger partial charge >= 0.3 is 0 Å². The number of rotatable bonds is 0. The standard InChI is InChI=1S/C13H18O/c1-12(2)8-5-9-13(3)10(12)6-4-7-11(13)14/h4,6-7H,5,8-9H2,1-3H3/t13-/m0/s1. The number of carbonyl (C=O) groups is 1. The Balaban J connectivity index is 2.50. The zero-order chi connectivity index (χ0) is 10.4. The Hall–Kier alpha value is -0.850. The van der Waals surface area contributed by atoms with Gasteiger partial charge in [-0.1, -0.05) is 38.0 Å². The van der Waals surface area contributed by atoms with Gasteiger partial charge in [-0.2, -0.15) is 0 Å². The third kappa shape index (κ3) is 1.18. The number of carbonyl (C=O) groups excluding carboxylic acids is 1. The maximum absolute atomic E-state index is 11.9. The summed E-state index contributed by atoms with van der Waals surface area (Å²) in [4.78, 5) is 11.9. The fraction of sp³-hybridized carbons (Fsp3) is 0.615. The molecule has 2 aliphatic rings. The van der Waals surface area contributed by atoms with Crippen LogP contribution in [-0.2, 0) is 4.79 Å². The smallest absolute Gasteiger partial charge is 0.165 e. The second-order valence-corrected chi connectivity index (χ2v) is 5.37. The van der Waals surface area contributed by atoms with Crippen molar-refractivity contribution in [3.05, 3.63) is 23.8 Å². The van der Waals surface area contributed by atoms with Crippen molar-refractivity contribution in [3.8, 4) is 0 Å². The van der Waals surface area contributed by atoms with Gasteiger partial charge in [0.1, 0.15) is 0 Å². The van der Waals surface area contributed by atoms with E-state index in [0.29, 0.717) is 5.78 Å². The minimum Gasteiger partial charge on any atom is -0.294 e. The van der Waals surface area contributed by atoms with E-state index in [2.05, 4.69) is 26.8 Å². The van der Waals surface area contributed by atoms with Gasteiger partial charge in [-0.3, -0.25) is 4.79 Å². The Morgan fingerprint density at radius 3 is 2.57 bits per heavy atom. The molecule has 1 fully saturated rings. The van der Waals surface area contributed by atoms with Crippen molar-refractivity contribution in [1.29, 1.82) is 0 Å². The molecule has 0 radical (unpaired) electrons. The second kappa shape index (κ2) is 2.82. The third-order valence-corrected chi connectivity index (χ3v) is 3.86. The molecule has 2 aliphatic carbocycles. The van der Waals surface area contributed by atoms with E-state index in [-0.39, 0.29) is 10.8 Å². The molecule has 0 amide bonds. The van der Waals surface area contributed by atoms with Crippen LogP contribution in [0.15, 0.2) is 23.8 Å². The normalized spacial score (nSPS) is 35.1. The summed E-state index contributed by atoms with van der Waals surface area (Å²) >= 11 is 0. The van der Waals surface area contributed by atoms with E-state index in [1.807, 2.05) is 6.08 Å². The van der Waals surface area contributed by atoms with E-state index in [9.17, 15) is 4.79 Å². The van der Waals surface area contributed by atoms with Crippen LogP contribution in [0.3, 0.4) is 0 Å². The van der Waals surface area contributed by atoms with Crippen molar-refractivity contribution in [3.63, 3.8) is 0 Å². The van der Waals surface area contributed by atoms with Gasteiger partial charge in [-0.25, -0.2) is 0 Å². The quantitative estimate of drug-likeness (QED) is 0.573. The summed E-state index contributed by atoms with van der Waals surface area (Å²) in [7, 11) is 0. The first-order chi connectivity index (χ1) is 6.47. The summed E-state index contributed by atoms with van der Waals surface area (Å²) in [5.74, 6) is 0.294. The predicted molar refractivity (Wildman–Crippen MR) is 58.0 cm³/mol. The van der Waals surface area contributed by atoms with Crippen LogP contribution in [0.5, 0.6) is 0 Å². The van der Waals surface area contributed by atoms with Crippen molar-refractivity contribution < 1.29 is 4.79 Å². The largest absolute Gasteiger partial charge is 0.294 e. The molecule has 0 aromatic carbocycles.